The Morgan fingerprint density at radius 3 is 2.55 bits per heavy atom. The van der Waals surface area contributed by atoms with Gasteiger partial charge in [-0.05, 0) is 0 Å². The van der Waals surface area contributed by atoms with E-state index in [2.05, 4.69) is 5.16 Å². The first-order valence-electron chi connectivity index (χ1n) is 5.33. The Balaban J connectivity index is 2.70. The highest BCUT2D eigenvalue weighted by Crippen LogP contribution is 2.48. The maximum absolute atomic E-state index is 10.8. The predicted molar refractivity (Wildman–Crippen MR) is 68.7 cm³/mol. The van der Waals surface area contributed by atoms with Gasteiger partial charge in [0.05, 0.1) is 19.2 Å². The van der Waals surface area contributed by atoms with E-state index in [1.807, 2.05) is 0 Å². The number of benzene rings is 1. The minimum Gasteiger partial charge on any atom is -0.505 e. The molecule has 0 amide bonds. The van der Waals surface area contributed by atoms with Crippen LogP contribution in [-0.4, -0.2) is 35.6 Å². The van der Waals surface area contributed by atoms with Crippen LogP contribution in [0.1, 0.15) is 10.5 Å². The van der Waals surface area contributed by atoms with Gasteiger partial charge in [-0.2, -0.15) is 0 Å². The maximum Gasteiger partial charge on any atom is 0.358 e. The molecule has 0 aliphatic heterocycles. The minimum absolute atomic E-state index is 0.00227. The Bertz CT molecular complexity index is 666. The fourth-order valence-corrected chi connectivity index (χ4v) is 1.87. The summed E-state index contributed by atoms with van der Waals surface area (Å²) in [7, 11) is 2.77. The van der Waals surface area contributed by atoms with Crippen LogP contribution in [0.15, 0.2) is 16.7 Å². The standard InChI is InChI=1S/C12H10ClNO6/c1-18-8-3-5(13)10(15)9(11(8)19-2)7-4-6(12(16)17)14-20-7/h3-4,15H,1-2H3,(H,16,17). The molecule has 0 unspecified atom stereocenters. The number of ether oxygens (including phenoxy) is 2. The fraction of sp³-hybridized carbons (Fsp3) is 0.167. The first-order chi connectivity index (χ1) is 9.49. The van der Waals surface area contributed by atoms with Crippen molar-refractivity contribution in [2.45, 2.75) is 0 Å². The molecule has 0 atom stereocenters. The molecule has 0 bridgehead atoms. The summed E-state index contributed by atoms with van der Waals surface area (Å²) < 4.78 is 15.1. The molecule has 0 aliphatic carbocycles. The summed E-state index contributed by atoms with van der Waals surface area (Å²) in [6.07, 6.45) is 0. The first kappa shape index (κ1) is 14.0. The topological polar surface area (TPSA) is 102 Å². The highest BCUT2D eigenvalue weighted by Gasteiger charge is 2.24. The monoisotopic (exact) mass is 299 g/mol. The van der Waals surface area contributed by atoms with E-state index in [0.717, 1.165) is 6.07 Å². The Labute approximate surface area is 118 Å². The van der Waals surface area contributed by atoms with E-state index in [1.54, 1.807) is 0 Å². The largest absolute Gasteiger partial charge is 0.505 e. The lowest BCUT2D eigenvalue weighted by atomic mass is 10.1. The van der Waals surface area contributed by atoms with Gasteiger partial charge in [0.15, 0.2) is 23.0 Å². The van der Waals surface area contributed by atoms with Crippen molar-refractivity contribution in [1.82, 2.24) is 5.16 Å². The third kappa shape index (κ3) is 2.23. The second kappa shape index (κ2) is 5.30. The zero-order valence-electron chi connectivity index (χ0n) is 10.5. The third-order valence-corrected chi connectivity index (χ3v) is 2.86. The van der Waals surface area contributed by atoms with Gasteiger partial charge in [-0.15, -0.1) is 0 Å². The van der Waals surface area contributed by atoms with E-state index in [4.69, 9.17) is 30.7 Å². The summed E-state index contributed by atoms with van der Waals surface area (Å²) >= 11 is 5.88. The van der Waals surface area contributed by atoms with Crippen molar-refractivity contribution in [3.8, 4) is 28.6 Å². The second-order valence-corrected chi connectivity index (χ2v) is 4.11. The minimum atomic E-state index is -1.26. The first-order valence-corrected chi connectivity index (χ1v) is 5.71. The molecule has 2 aromatic rings. The van der Waals surface area contributed by atoms with Crippen molar-refractivity contribution in [2.75, 3.05) is 14.2 Å². The Kier molecular flexibility index (Phi) is 3.71. The van der Waals surface area contributed by atoms with Crippen molar-refractivity contribution < 1.29 is 29.0 Å². The number of phenolic OH excluding ortho intramolecular Hbond substituents is 1. The molecule has 0 radical (unpaired) electrons. The number of methoxy groups -OCH3 is 2. The van der Waals surface area contributed by atoms with E-state index in [1.165, 1.54) is 20.3 Å². The van der Waals surface area contributed by atoms with Crippen LogP contribution in [0, 0.1) is 0 Å². The molecule has 2 rings (SSSR count). The van der Waals surface area contributed by atoms with Gasteiger partial charge in [0.2, 0.25) is 0 Å². The van der Waals surface area contributed by atoms with E-state index >= 15 is 0 Å². The average Bonchev–Trinajstić information content (AvgIpc) is 2.90. The number of nitrogens with zero attached hydrogens (tertiary/aromatic N) is 1. The molecule has 0 saturated carbocycles. The SMILES string of the molecule is COc1cc(Cl)c(O)c(-c2cc(C(=O)O)no2)c1OC. The Morgan fingerprint density at radius 1 is 1.35 bits per heavy atom. The molecule has 20 heavy (non-hydrogen) atoms. The zero-order valence-corrected chi connectivity index (χ0v) is 11.3. The van der Waals surface area contributed by atoms with Crippen molar-refractivity contribution in [3.05, 3.63) is 22.8 Å². The van der Waals surface area contributed by atoms with Gasteiger partial charge in [-0.25, -0.2) is 4.79 Å². The maximum atomic E-state index is 10.8. The van der Waals surface area contributed by atoms with Crippen LogP contribution >= 0.6 is 11.6 Å². The van der Waals surface area contributed by atoms with E-state index in [-0.39, 0.29) is 39.3 Å². The molecule has 0 spiro atoms. The third-order valence-electron chi connectivity index (χ3n) is 2.57. The molecule has 0 fully saturated rings. The van der Waals surface area contributed by atoms with Gasteiger partial charge in [-0.1, -0.05) is 16.8 Å². The van der Waals surface area contributed by atoms with Crippen molar-refractivity contribution in [2.24, 2.45) is 0 Å². The Hall–Kier alpha value is -2.41. The number of phenols is 1. The lowest BCUT2D eigenvalue weighted by Crippen LogP contribution is -1.95. The molecule has 8 heteroatoms. The van der Waals surface area contributed by atoms with Crippen molar-refractivity contribution in [3.63, 3.8) is 0 Å². The number of aromatic carboxylic acids is 1. The molecule has 7 nitrogen and oxygen atoms in total. The van der Waals surface area contributed by atoms with Crippen molar-refractivity contribution in [1.29, 1.82) is 0 Å². The smallest absolute Gasteiger partial charge is 0.358 e. The van der Waals surface area contributed by atoms with Gasteiger partial charge >= 0.3 is 5.97 Å². The van der Waals surface area contributed by atoms with Crippen LogP contribution in [0.3, 0.4) is 0 Å². The van der Waals surface area contributed by atoms with Gasteiger partial charge in [0.1, 0.15) is 11.3 Å². The molecule has 0 saturated heterocycles. The summed E-state index contributed by atoms with van der Waals surface area (Å²) in [5.41, 5.74) is -0.239. The molecule has 2 N–H and O–H groups in total. The van der Waals surface area contributed by atoms with Crippen LogP contribution in [0.25, 0.3) is 11.3 Å². The van der Waals surface area contributed by atoms with Gasteiger partial charge in [0.25, 0.3) is 0 Å². The molecular formula is C12H10ClNO6. The summed E-state index contributed by atoms with van der Waals surface area (Å²) in [5, 5.41) is 22.2. The molecule has 1 heterocycles. The highest BCUT2D eigenvalue weighted by atomic mass is 35.5. The number of hydrogen-bond acceptors (Lipinski definition) is 6. The number of halogens is 1. The zero-order chi connectivity index (χ0) is 14.9. The fourth-order valence-electron chi connectivity index (χ4n) is 1.68. The number of hydrogen-bond donors (Lipinski definition) is 2. The van der Waals surface area contributed by atoms with Gasteiger partial charge in [0, 0.05) is 12.1 Å². The highest BCUT2D eigenvalue weighted by molar-refractivity contribution is 6.32. The lowest BCUT2D eigenvalue weighted by Gasteiger charge is -2.13. The summed E-state index contributed by atoms with van der Waals surface area (Å²) in [6, 6.07) is 2.52. The van der Waals surface area contributed by atoms with Crippen LogP contribution in [0.4, 0.5) is 0 Å². The van der Waals surface area contributed by atoms with E-state index in [9.17, 15) is 9.90 Å². The second-order valence-electron chi connectivity index (χ2n) is 3.70. The van der Waals surface area contributed by atoms with Crippen LogP contribution in [0.2, 0.25) is 5.02 Å². The number of carboxylic acids is 1. The van der Waals surface area contributed by atoms with E-state index < -0.39 is 5.97 Å². The lowest BCUT2D eigenvalue weighted by molar-refractivity contribution is 0.0686. The molecule has 0 aliphatic rings. The number of rotatable bonds is 4. The summed E-state index contributed by atoms with van der Waals surface area (Å²) in [5.74, 6) is -1.16. The van der Waals surface area contributed by atoms with Crippen LogP contribution < -0.4 is 9.47 Å². The van der Waals surface area contributed by atoms with Gasteiger partial charge in [-0.3, -0.25) is 0 Å². The Morgan fingerprint density at radius 2 is 2.05 bits per heavy atom. The molecular weight excluding hydrogens is 290 g/mol. The number of carboxylic acid groups (broad SMARTS) is 1. The van der Waals surface area contributed by atoms with Crippen molar-refractivity contribution >= 4 is 17.6 Å². The normalized spacial score (nSPS) is 10.3. The average molecular weight is 300 g/mol. The van der Waals surface area contributed by atoms with Crippen LogP contribution in [0.5, 0.6) is 17.2 Å². The predicted octanol–water partition coefficient (Wildman–Crippen LogP) is 2.42. The number of carbonyl (C=O) groups is 1. The van der Waals surface area contributed by atoms with Gasteiger partial charge < -0.3 is 24.2 Å². The number of aromatic nitrogens is 1. The molecule has 1 aromatic heterocycles. The summed E-state index contributed by atoms with van der Waals surface area (Å²) in [4.78, 5) is 10.8. The van der Waals surface area contributed by atoms with E-state index in [0.29, 0.717) is 0 Å². The molecule has 106 valence electrons. The van der Waals surface area contributed by atoms with Crippen LogP contribution in [-0.2, 0) is 0 Å². The molecule has 1 aromatic carbocycles. The number of aromatic hydroxyl groups is 1. The summed E-state index contributed by atoms with van der Waals surface area (Å²) in [6.45, 7) is 0. The quantitative estimate of drug-likeness (QED) is 0.893.